The van der Waals surface area contributed by atoms with Crippen LogP contribution in [-0.4, -0.2) is 29.5 Å². The van der Waals surface area contributed by atoms with E-state index < -0.39 is 5.97 Å². The molecule has 0 saturated heterocycles. The summed E-state index contributed by atoms with van der Waals surface area (Å²) in [4.78, 5) is 28.7. The molecule has 1 aliphatic rings. The molecule has 1 amide bonds. The number of rotatable bonds is 5. The van der Waals surface area contributed by atoms with Crippen molar-refractivity contribution in [2.75, 3.05) is 6.61 Å². The van der Waals surface area contributed by atoms with Gasteiger partial charge in [-0.05, 0) is 19.8 Å². The summed E-state index contributed by atoms with van der Waals surface area (Å²) in [5.41, 5.74) is 1.47. The molecule has 1 saturated carbocycles. The van der Waals surface area contributed by atoms with Crippen molar-refractivity contribution >= 4 is 23.2 Å². The van der Waals surface area contributed by atoms with Crippen molar-refractivity contribution in [3.8, 4) is 11.3 Å². The van der Waals surface area contributed by atoms with Crippen molar-refractivity contribution < 1.29 is 14.3 Å². The standard InChI is InChI=1S/C16H16N2O3S/c1-10-17-14(11-5-3-2-4-6-11)15(22-10)16(20)21-9-13(19)18-12-7-8-12/h2-6,12H,7-9H2,1H3,(H,18,19). The molecule has 3 rings (SSSR count). The molecule has 5 nitrogen and oxygen atoms in total. The largest absolute Gasteiger partial charge is 0.451 e. The quantitative estimate of drug-likeness (QED) is 0.861. The first-order chi connectivity index (χ1) is 10.6. The number of esters is 1. The summed E-state index contributed by atoms with van der Waals surface area (Å²) < 4.78 is 5.11. The van der Waals surface area contributed by atoms with E-state index in [1.807, 2.05) is 37.3 Å². The van der Waals surface area contributed by atoms with Crippen LogP contribution in [-0.2, 0) is 9.53 Å². The van der Waals surface area contributed by atoms with E-state index in [0.717, 1.165) is 23.4 Å². The van der Waals surface area contributed by atoms with Crippen molar-refractivity contribution in [1.29, 1.82) is 0 Å². The Hall–Kier alpha value is -2.21. The number of benzene rings is 1. The first kappa shape index (κ1) is 14.7. The highest BCUT2D eigenvalue weighted by Crippen LogP contribution is 2.28. The summed E-state index contributed by atoms with van der Waals surface area (Å²) in [6, 6.07) is 9.74. The SMILES string of the molecule is Cc1nc(-c2ccccc2)c(C(=O)OCC(=O)NC2CC2)s1. The lowest BCUT2D eigenvalue weighted by Crippen LogP contribution is -2.30. The summed E-state index contributed by atoms with van der Waals surface area (Å²) >= 11 is 1.28. The van der Waals surface area contributed by atoms with E-state index in [1.165, 1.54) is 11.3 Å². The number of aryl methyl sites for hydroxylation is 1. The van der Waals surface area contributed by atoms with Crippen LogP contribution in [0.15, 0.2) is 30.3 Å². The topological polar surface area (TPSA) is 68.3 Å². The van der Waals surface area contributed by atoms with Gasteiger partial charge in [0, 0.05) is 11.6 Å². The second-order valence-corrected chi connectivity index (χ2v) is 6.40. The van der Waals surface area contributed by atoms with Crippen LogP contribution in [0.25, 0.3) is 11.3 Å². The van der Waals surface area contributed by atoms with Gasteiger partial charge in [-0.1, -0.05) is 30.3 Å². The van der Waals surface area contributed by atoms with Gasteiger partial charge in [0.1, 0.15) is 4.88 Å². The average Bonchev–Trinajstić information content (AvgIpc) is 3.24. The van der Waals surface area contributed by atoms with Gasteiger partial charge in [-0.2, -0.15) is 0 Å². The fraction of sp³-hybridized carbons (Fsp3) is 0.312. The second-order valence-electron chi connectivity index (χ2n) is 5.19. The maximum atomic E-state index is 12.2. The third-order valence-electron chi connectivity index (χ3n) is 3.24. The van der Waals surface area contributed by atoms with Crippen molar-refractivity contribution in [1.82, 2.24) is 10.3 Å². The minimum absolute atomic E-state index is 0.249. The predicted octanol–water partition coefficient (Wildman–Crippen LogP) is 2.55. The maximum Gasteiger partial charge on any atom is 0.351 e. The van der Waals surface area contributed by atoms with Gasteiger partial charge in [-0.3, -0.25) is 4.79 Å². The number of aromatic nitrogens is 1. The normalized spacial score (nSPS) is 13.7. The molecule has 1 aromatic heterocycles. The van der Waals surface area contributed by atoms with Crippen LogP contribution < -0.4 is 5.32 Å². The van der Waals surface area contributed by atoms with Crippen LogP contribution in [0.2, 0.25) is 0 Å². The molecule has 0 spiro atoms. The van der Waals surface area contributed by atoms with Gasteiger partial charge in [-0.15, -0.1) is 11.3 Å². The lowest BCUT2D eigenvalue weighted by atomic mass is 10.1. The zero-order chi connectivity index (χ0) is 15.5. The number of nitrogens with zero attached hydrogens (tertiary/aromatic N) is 1. The zero-order valence-corrected chi connectivity index (χ0v) is 13.0. The summed E-state index contributed by atoms with van der Waals surface area (Å²) in [5, 5.41) is 3.57. The third-order valence-corrected chi connectivity index (χ3v) is 4.19. The van der Waals surface area contributed by atoms with E-state index in [1.54, 1.807) is 0 Å². The van der Waals surface area contributed by atoms with E-state index in [9.17, 15) is 9.59 Å². The van der Waals surface area contributed by atoms with Crippen molar-refractivity contribution in [3.05, 3.63) is 40.2 Å². The molecule has 1 heterocycles. The molecular weight excluding hydrogens is 300 g/mol. The molecule has 2 aromatic rings. The number of ether oxygens (including phenoxy) is 1. The molecule has 0 radical (unpaired) electrons. The van der Waals surface area contributed by atoms with Crippen molar-refractivity contribution in [3.63, 3.8) is 0 Å². The third kappa shape index (κ3) is 3.51. The molecule has 22 heavy (non-hydrogen) atoms. The van der Waals surface area contributed by atoms with Gasteiger partial charge in [0.2, 0.25) is 0 Å². The smallest absolute Gasteiger partial charge is 0.351 e. The van der Waals surface area contributed by atoms with Crippen molar-refractivity contribution in [2.45, 2.75) is 25.8 Å². The van der Waals surface area contributed by atoms with E-state index in [2.05, 4.69) is 10.3 Å². The number of nitrogens with one attached hydrogen (secondary N) is 1. The van der Waals surface area contributed by atoms with Crippen molar-refractivity contribution in [2.24, 2.45) is 0 Å². The number of hydrogen-bond donors (Lipinski definition) is 1. The molecular formula is C16H16N2O3S. The summed E-state index contributed by atoms with van der Waals surface area (Å²) in [7, 11) is 0. The molecule has 114 valence electrons. The molecule has 0 atom stereocenters. The Morgan fingerprint density at radius 2 is 2.05 bits per heavy atom. The Morgan fingerprint density at radius 3 is 2.73 bits per heavy atom. The Bertz CT molecular complexity index is 693. The summed E-state index contributed by atoms with van der Waals surface area (Å²) in [5.74, 6) is -0.756. The van der Waals surface area contributed by atoms with Crippen LogP contribution in [0.1, 0.15) is 27.5 Å². The van der Waals surface area contributed by atoms with E-state index >= 15 is 0 Å². The molecule has 1 aromatic carbocycles. The molecule has 6 heteroatoms. The highest BCUT2D eigenvalue weighted by atomic mass is 32.1. The maximum absolute atomic E-state index is 12.2. The summed E-state index contributed by atoms with van der Waals surface area (Å²) in [6.45, 7) is 1.59. The molecule has 1 N–H and O–H groups in total. The van der Waals surface area contributed by atoms with E-state index in [-0.39, 0.29) is 18.6 Å². The predicted molar refractivity (Wildman–Crippen MR) is 83.7 cm³/mol. The Kier molecular flexibility index (Phi) is 4.20. The lowest BCUT2D eigenvalue weighted by molar-refractivity contribution is -0.124. The minimum Gasteiger partial charge on any atom is -0.451 e. The molecule has 0 aliphatic heterocycles. The van der Waals surface area contributed by atoms with Gasteiger partial charge in [0.25, 0.3) is 5.91 Å². The zero-order valence-electron chi connectivity index (χ0n) is 12.2. The van der Waals surface area contributed by atoms with E-state index in [4.69, 9.17) is 4.74 Å². The van der Waals surface area contributed by atoms with Gasteiger partial charge in [-0.25, -0.2) is 9.78 Å². The van der Waals surface area contributed by atoms with Crippen LogP contribution >= 0.6 is 11.3 Å². The number of hydrogen-bond acceptors (Lipinski definition) is 5. The molecule has 0 unspecified atom stereocenters. The van der Waals surface area contributed by atoms with Crippen LogP contribution in [0.3, 0.4) is 0 Å². The fourth-order valence-electron chi connectivity index (χ4n) is 2.05. The molecule has 1 fully saturated rings. The number of amides is 1. The average molecular weight is 316 g/mol. The fourth-order valence-corrected chi connectivity index (χ4v) is 2.89. The molecule has 1 aliphatic carbocycles. The number of carbonyl (C=O) groups excluding carboxylic acids is 2. The second kappa shape index (κ2) is 6.27. The summed E-state index contributed by atoms with van der Waals surface area (Å²) in [6.07, 6.45) is 2.01. The lowest BCUT2D eigenvalue weighted by Gasteiger charge is -2.05. The monoisotopic (exact) mass is 316 g/mol. The number of thiazole rings is 1. The minimum atomic E-state index is -0.504. The first-order valence-electron chi connectivity index (χ1n) is 7.13. The van der Waals surface area contributed by atoms with Gasteiger partial charge < -0.3 is 10.1 Å². The van der Waals surface area contributed by atoms with Gasteiger partial charge in [0.15, 0.2) is 6.61 Å². The van der Waals surface area contributed by atoms with Crippen LogP contribution in [0.4, 0.5) is 0 Å². The van der Waals surface area contributed by atoms with Crippen LogP contribution in [0, 0.1) is 6.92 Å². The Balaban J connectivity index is 1.70. The van der Waals surface area contributed by atoms with Gasteiger partial charge in [0.05, 0.1) is 10.7 Å². The highest BCUT2D eigenvalue weighted by molar-refractivity contribution is 7.14. The van der Waals surface area contributed by atoms with Crippen LogP contribution in [0.5, 0.6) is 0 Å². The molecule has 0 bridgehead atoms. The Morgan fingerprint density at radius 1 is 1.32 bits per heavy atom. The first-order valence-corrected chi connectivity index (χ1v) is 7.94. The Labute approximate surface area is 132 Å². The highest BCUT2D eigenvalue weighted by Gasteiger charge is 2.25. The van der Waals surface area contributed by atoms with Gasteiger partial charge >= 0.3 is 5.97 Å². The van der Waals surface area contributed by atoms with E-state index in [0.29, 0.717) is 10.6 Å². The number of carbonyl (C=O) groups is 2.